The molecule has 0 fully saturated rings. The van der Waals surface area contributed by atoms with E-state index in [4.69, 9.17) is 9.47 Å². The largest absolute Gasteiger partial charge is 0.507 e. The van der Waals surface area contributed by atoms with Gasteiger partial charge < -0.3 is 19.7 Å². The van der Waals surface area contributed by atoms with Crippen LogP contribution in [0.4, 0.5) is 0 Å². The molecular weight excluding hydrogens is 761 g/mol. The van der Waals surface area contributed by atoms with Gasteiger partial charge in [0, 0.05) is 22.3 Å². The molecule has 354 valence electrons. The summed E-state index contributed by atoms with van der Waals surface area (Å²) in [5.74, 6) is 7.65. The minimum atomic E-state index is -0.193. The topological polar surface area (TPSA) is 58.9 Å². The first-order chi connectivity index (χ1) is 29.2. The Balaban J connectivity index is 1.34. The summed E-state index contributed by atoms with van der Waals surface area (Å²) >= 11 is 0. The number of benzene rings is 2. The summed E-state index contributed by atoms with van der Waals surface area (Å²) in [6, 6.07) is 0. The molecule has 2 aromatic rings. The van der Waals surface area contributed by atoms with Crippen molar-refractivity contribution in [2.75, 3.05) is 0 Å². The van der Waals surface area contributed by atoms with Crippen LogP contribution in [0.2, 0.25) is 0 Å². The molecule has 0 aliphatic carbocycles. The van der Waals surface area contributed by atoms with Crippen LogP contribution in [0.1, 0.15) is 242 Å². The molecule has 0 aromatic heterocycles. The van der Waals surface area contributed by atoms with Gasteiger partial charge in [0.05, 0.1) is 0 Å². The molecule has 2 aliphatic rings. The fourth-order valence-electron chi connectivity index (χ4n) is 11.1. The van der Waals surface area contributed by atoms with E-state index < -0.39 is 0 Å². The van der Waals surface area contributed by atoms with Crippen molar-refractivity contribution in [1.29, 1.82) is 0 Å². The van der Waals surface area contributed by atoms with Gasteiger partial charge in [-0.3, -0.25) is 0 Å². The van der Waals surface area contributed by atoms with E-state index in [9.17, 15) is 10.2 Å². The summed E-state index contributed by atoms with van der Waals surface area (Å²) in [4.78, 5) is 0. The molecule has 6 atom stereocenters. The summed E-state index contributed by atoms with van der Waals surface area (Å²) in [5.41, 5.74) is 7.93. The molecule has 0 saturated carbocycles. The van der Waals surface area contributed by atoms with Gasteiger partial charge in [-0.25, -0.2) is 0 Å². The van der Waals surface area contributed by atoms with Crippen LogP contribution in [0.15, 0.2) is 0 Å². The zero-order valence-corrected chi connectivity index (χ0v) is 43.1. The van der Waals surface area contributed by atoms with E-state index in [1.54, 1.807) is 0 Å². The van der Waals surface area contributed by atoms with Gasteiger partial charge in [0.25, 0.3) is 0 Å². The molecule has 2 N–H and O–H groups in total. The molecule has 4 rings (SSSR count). The first-order valence-electron chi connectivity index (χ1n) is 26.3. The number of phenolic OH excluding ortho intramolecular Hbond substituents is 2. The molecule has 2 aromatic carbocycles. The predicted octanol–water partition coefficient (Wildman–Crippen LogP) is 17.2. The molecule has 4 nitrogen and oxygen atoms in total. The number of hydrogen-bond donors (Lipinski definition) is 2. The van der Waals surface area contributed by atoms with Gasteiger partial charge in [-0.05, 0) is 164 Å². The fourth-order valence-corrected chi connectivity index (χ4v) is 11.1. The first-order valence-corrected chi connectivity index (χ1v) is 26.3. The zero-order chi connectivity index (χ0) is 45.8. The zero-order valence-electron chi connectivity index (χ0n) is 43.1. The highest BCUT2D eigenvalue weighted by Crippen LogP contribution is 2.48. The third-order valence-electron chi connectivity index (χ3n) is 16.0. The van der Waals surface area contributed by atoms with Crippen molar-refractivity contribution in [2.45, 2.75) is 262 Å². The Morgan fingerprint density at radius 2 is 0.726 bits per heavy atom. The number of fused-ring (bicyclic) bond motifs is 2. The van der Waals surface area contributed by atoms with Crippen molar-refractivity contribution in [3.8, 4) is 23.0 Å². The van der Waals surface area contributed by atoms with Gasteiger partial charge in [-0.2, -0.15) is 0 Å². The number of rotatable bonds is 27. The number of hydrogen-bond acceptors (Lipinski definition) is 4. The van der Waals surface area contributed by atoms with Gasteiger partial charge >= 0.3 is 0 Å². The Bertz CT molecular complexity index is 1560. The SMILES string of the molecule is Cc1c(C)c2c(c(CCc3c(O)c(C)c(C)c4c3CC[C@@](C)(CCC[C@H](C)CCC[C@H](C)CCCC(C)C)O4)c1O)CC[C@@](C)(CCC[C@H](C)CCC[C@H](C)CCCC(C)C)O2. The summed E-state index contributed by atoms with van der Waals surface area (Å²) < 4.78 is 14.0. The number of aromatic hydroxyl groups is 2. The van der Waals surface area contributed by atoms with E-state index in [1.807, 2.05) is 13.8 Å². The molecule has 0 amide bonds. The lowest BCUT2D eigenvalue weighted by Crippen LogP contribution is -2.37. The maximum atomic E-state index is 11.7. The summed E-state index contributed by atoms with van der Waals surface area (Å²) in [7, 11) is 0. The van der Waals surface area contributed by atoms with Gasteiger partial charge in [-0.15, -0.1) is 0 Å². The van der Waals surface area contributed by atoms with Crippen LogP contribution in [0.5, 0.6) is 23.0 Å². The Labute approximate surface area is 383 Å². The summed E-state index contributed by atoms with van der Waals surface area (Å²) in [6.45, 7) is 32.1. The van der Waals surface area contributed by atoms with Crippen LogP contribution < -0.4 is 9.47 Å². The summed E-state index contributed by atoms with van der Waals surface area (Å²) in [6.07, 6.45) is 28.4. The van der Waals surface area contributed by atoms with Crippen LogP contribution in [-0.4, -0.2) is 21.4 Å². The average molecular weight is 859 g/mol. The monoisotopic (exact) mass is 859 g/mol. The fraction of sp³-hybridized carbons (Fsp3) is 0.793. The van der Waals surface area contributed by atoms with Crippen LogP contribution in [0, 0.1) is 63.2 Å². The van der Waals surface area contributed by atoms with E-state index in [1.165, 1.54) is 114 Å². The Morgan fingerprint density at radius 3 is 1.03 bits per heavy atom. The quantitative estimate of drug-likeness (QED) is 0.0940. The van der Waals surface area contributed by atoms with Crippen LogP contribution in [-0.2, 0) is 25.7 Å². The Kier molecular flexibility index (Phi) is 20.4. The second-order valence-electron chi connectivity index (χ2n) is 23.1. The number of phenols is 2. The molecular formula is C58H98O4. The van der Waals surface area contributed by atoms with Crippen LogP contribution in [0.3, 0.4) is 0 Å². The van der Waals surface area contributed by atoms with Crippen molar-refractivity contribution in [2.24, 2.45) is 35.5 Å². The predicted molar refractivity (Wildman–Crippen MR) is 267 cm³/mol. The Hall–Kier alpha value is -2.36. The van der Waals surface area contributed by atoms with Crippen molar-refractivity contribution >= 4 is 0 Å². The second kappa shape index (κ2) is 24.2. The molecule has 4 heteroatoms. The molecule has 2 heterocycles. The molecule has 2 aliphatic heterocycles. The molecule has 0 saturated heterocycles. The van der Waals surface area contributed by atoms with Crippen molar-refractivity contribution < 1.29 is 19.7 Å². The maximum Gasteiger partial charge on any atom is 0.127 e. The van der Waals surface area contributed by atoms with Crippen molar-refractivity contribution in [3.63, 3.8) is 0 Å². The van der Waals surface area contributed by atoms with Gasteiger partial charge in [0.15, 0.2) is 0 Å². The minimum absolute atomic E-state index is 0.193. The Morgan fingerprint density at radius 1 is 0.435 bits per heavy atom. The van der Waals surface area contributed by atoms with E-state index in [0.29, 0.717) is 24.3 Å². The van der Waals surface area contributed by atoms with Crippen molar-refractivity contribution in [1.82, 2.24) is 0 Å². The molecule has 0 unspecified atom stereocenters. The maximum absolute atomic E-state index is 11.7. The smallest absolute Gasteiger partial charge is 0.127 e. The third kappa shape index (κ3) is 15.1. The first kappa shape index (κ1) is 52.3. The normalized spacial score (nSPS) is 20.7. The van der Waals surface area contributed by atoms with Crippen LogP contribution >= 0.6 is 0 Å². The van der Waals surface area contributed by atoms with Gasteiger partial charge in [-0.1, -0.05) is 145 Å². The highest BCUT2D eigenvalue weighted by Gasteiger charge is 2.37. The van der Waals surface area contributed by atoms with E-state index >= 15 is 0 Å². The number of ether oxygens (including phenoxy) is 2. The van der Waals surface area contributed by atoms with E-state index in [0.717, 1.165) is 119 Å². The average Bonchev–Trinajstić information content (AvgIpc) is 3.20. The summed E-state index contributed by atoms with van der Waals surface area (Å²) in [5, 5.41) is 23.4. The van der Waals surface area contributed by atoms with Gasteiger partial charge in [0.2, 0.25) is 0 Å². The molecule has 0 spiro atoms. The third-order valence-corrected chi connectivity index (χ3v) is 16.0. The highest BCUT2D eigenvalue weighted by atomic mass is 16.5. The lowest BCUT2D eigenvalue weighted by Gasteiger charge is -2.39. The van der Waals surface area contributed by atoms with E-state index in [-0.39, 0.29) is 11.2 Å². The van der Waals surface area contributed by atoms with E-state index in [2.05, 4.69) is 83.1 Å². The second-order valence-corrected chi connectivity index (χ2v) is 23.1. The van der Waals surface area contributed by atoms with Gasteiger partial charge in [0.1, 0.15) is 34.2 Å². The molecule has 0 bridgehead atoms. The minimum Gasteiger partial charge on any atom is -0.507 e. The van der Waals surface area contributed by atoms with Crippen molar-refractivity contribution in [3.05, 3.63) is 44.5 Å². The highest BCUT2D eigenvalue weighted by molar-refractivity contribution is 5.61. The standard InChI is InChI=1S/C58H98O4/c1-39(2)21-15-23-41(5)25-17-27-43(7)29-19-35-57(13)37-33-51-49(53(59)45(9)47(11)55(51)61-57)31-32-50-52-34-38-58(14,62-56(52)48(12)46(10)54(50)60)36-20-30-44(8)28-18-26-42(6)24-16-22-40(3)4/h39-44,59-60H,15-38H2,1-14H3/t41-,42-,43-,44-,57-,58-/m1/s1. The molecule has 0 radical (unpaired) electrons. The lowest BCUT2D eigenvalue weighted by molar-refractivity contribution is 0.0505. The lowest BCUT2D eigenvalue weighted by atomic mass is 9.81. The van der Waals surface area contributed by atoms with Crippen LogP contribution in [0.25, 0.3) is 0 Å². The molecule has 62 heavy (non-hydrogen) atoms.